The van der Waals surface area contributed by atoms with E-state index in [1.807, 2.05) is 0 Å². The largest absolute Gasteiger partial charge is 0.433 e. The average molecular weight is 336 g/mol. The zero-order valence-electron chi connectivity index (χ0n) is 9.08. The van der Waals surface area contributed by atoms with Crippen molar-refractivity contribution in [2.24, 2.45) is 0 Å². The van der Waals surface area contributed by atoms with Crippen LogP contribution in [0, 0.1) is 11.3 Å². The first-order valence-electron chi connectivity index (χ1n) is 4.51. The smallest absolute Gasteiger partial charge is 0.416 e. The summed E-state index contributed by atoms with van der Waals surface area (Å²) in [6.07, 6.45) is -4.99. The third-order valence-corrected chi connectivity index (χ3v) is 3.33. The van der Waals surface area contributed by atoms with Gasteiger partial charge in [0.25, 0.3) is 9.05 Å². The molecule has 1 aromatic carbocycles. The van der Waals surface area contributed by atoms with Crippen LogP contribution in [-0.2, 0) is 15.2 Å². The van der Waals surface area contributed by atoms with Gasteiger partial charge in [0.05, 0.1) is 11.1 Å². The van der Waals surface area contributed by atoms with Gasteiger partial charge in [-0.05, 0) is 12.1 Å². The third kappa shape index (κ3) is 3.71. The summed E-state index contributed by atoms with van der Waals surface area (Å²) in [6, 6.07) is 1.34. The van der Waals surface area contributed by atoms with Gasteiger partial charge in [-0.3, -0.25) is 0 Å². The van der Waals surface area contributed by atoms with E-state index in [0.29, 0.717) is 0 Å². The van der Waals surface area contributed by atoms with Crippen molar-refractivity contribution >= 4 is 19.7 Å². The van der Waals surface area contributed by atoms with Crippen LogP contribution in [0.1, 0.15) is 11.1 Å². The minimum absolute atomic E-state index is 0.0300. The molecular weight excluding hydrogens is 333 g/mol. The van der Waals surface area contributed by atoms with Crippen LogP contribution >= 0.6 is 10.7 Å². The van der Waals surface area contributed by atoms with Gasteiger partial charge < -0.3 is 4.74 Å². The minimum atomic E-state index is -4.99. The first-order valence-corrected chi connectivity index (χ1v) is 6.82. The lowest BCUT2D eigenvalue weighted by atomic mass is 10.1. The maximum atomic E-state index is 12.5. The Morgan fingerprint density at radius 2 is 1.85 bits per heavy atom. The Hall–Kier alpha value is -1.60. The van der Waals surface area contributed by atoms with Crippen molar-refractivity contribution in [1.82, 2.24) is 0 Å². The van der Waals surface area contributed by atoms with Crippen molar-refractivity contribution in [2.75, 3.05) is 0 Å². The quantitative estimate of drug-likeness (QED) is 0.629. The van der Waals surface area contributed by atoms with Crippen molar-refractivity contribution in [3.05, 3.63) is 23.3 Å². The van der Waals surface area contributed by atoms with Crippen LogP contribution in [0.25, 0.3) is 0 Å². The summed E-state index contributed by atoms with van der Waals surface area (Å²) in [4.78, 5) is -1.24. The Kier molecular flexibility index (Phi) is 4.45. The SMILES string of the molecule is N#Cc1cc(C(F)(F)F)cc(OC(F)F)c1S(=O)(=O)Cl. The van der Waals surface area contributed by atoms with E-state index in [0.717, 1.165) is 6.07 Å². The molecule has 0 amide bonds. The van der Waals surface area contributed by atoms with Gasteiger partial charge in [-0.1, -0.05) is 0 Å². The van der Waals surface area contributed by atoms with Crippen LogP contribution in [0.4, 0.5) is 22.0 Å². The van der Waals surface area contributed by atoms with Crippen LogP contribution in [0.3, 0.4) is 0 Å². The predicted molar refractivity (Wildman–Crippen MR) is 55.8 cm³/mol. The predicted octanol–water partition coefficient (Wildman–Crippen LogP) is 3.11. The number of nitrogens with zero attached hydrogens (tertiary/aromatic N) is 1. The van der Waals surface area contributed by atoms with Gasteiger partial charge in [0, 0.05) is 10.7 Å². The molecule has 0 aliphatic carbocycles. The highest BCUT2D eigenvalue weighted by atomic mass is 35.7. The second-order valence-electron chi connectivity index (χ2n) is 3.28. The molecule has 0 radical (unpaired) electrons. The molecule has 4 nitrogen and oxygen atoms in total. The van der Waals surface area contributed by atoms with Crippen molar-refractivity contribution in [3.63, 3.8) is 0 Å². The first-order chi connectivity index (χ1) is 8.96. The number of ether oxygens (including phenoxy) is 1. The minimum Gasteiger partial charge on any atom is -0.433 e. The molecule has 0 aliphatic rings. The lowest BCUT2D eigenvalue weighted by molar-refractivity contribution is -0.138. The molecule has 1 aromatic rings. The highest BCUT2D eigenvalue weighted by Gasteiger charge is 2.35. The molecule has 0 aliphatic heterocycles. The van der Waals surface area contributed by atoms with Crippen molar-refractivity contribution in [2.45, 2.75) is 17.7 Å². The van der Waals surface area contributed by atoms with Gasteiger partial charge in [0.2, 0.25) is 0 Å². The Bertz CT molecular complexity index is 665. The summed E-state index contributed by atoms with van der Waals surface area (Å²) >= 11 is 0. The van der Waals surface area contributed by atoms with Crippen molar-refractivity contribution < 1.29 is 35.1 Å². The molecule has 0 atom stereocenters. The lowest BCUT2D eigenvalue weighted by Crippen LogP contribution is -2.12. The van der Waals surface area contributed by atoms with Gasteiger partial charge >= 0.3 is 12.8 Å². The monoisotopic (exact) mass is 335 g/mol. The fourth-order valence-electron chi connectivity index (χ4n) is 1.28. The number of halogens is 6. The summed E-state index contributed by atoms with van der Waals surface area (Å²) in [5.74, 6) is -1.35. The molecule has 0 heterocycles. The van der Waals surface area contributed by atoms with Crippen LogP contribution in [0.5, 0.6) is 5.75 Å². The maximum absolute atomic E-state index is 12.5. The lowest BCUT2D eigenvalue weighted by Gasteiger charge is -2.14. The van der Waals surface area contributed by atoms with E-state index >= 15 is 0 Å². The second kappa shape index (κ2) is 5.41. The van der Waals surface area contributed by atoms with Crippen molar-refractivity contribution in [1.29, 1.82) is 5.26 Å². The van der Waals surface area contributed by atoms with Gasteiger partial charge in [0.1, 0.15) is 16.7 Å². The number of hydrogen-bond donors (Lipinski definition) is 0. The molecule has 0 spiro atoms. The number of alkyl halides is 5. The summed E-state index contributed by atoms with van der Waals surface area (Å²) in [5, 5.41) is 8.65. The normalized spacial score (nSPS) is 12.3. The number of rotatable bonds is 3. The number of nitriles is 1. The molecule has 0 N–H and O–H groups in total. The molecule has 11 heteroatoms. The van der Waals surface area contributed by atoms with Crippen molar-refractivity contribution in [3.8, 4) is 11.8 Å². The molecule has 0 aromatic heterocycles. The highest BCUT2D eigenvalue weighted by molar-refractivity contribution is 8.13. The zero-order chi connectivity index (χ0) is 15.7. The number of hydrogen-bond acceptors (Lipinski definition) is 4. The molecular formula is C9H3ClF5NO3S. The van der Waals surface area contributed by atoms with E-state index in [1.54, 1.807) is 0 Å². The Morgan fingerprint density at radius 3 is 2.20 bits per heavy atom. The van der Waals surface area contributed by atoms with Gasteiger partial charge in [-0.25, -0.2) is 8.42 Å². The fraction of sp³-hybridized carbons (Fsp3) is 0.222. The summed E-state index contributed by atoms with van der Waals surface area (Å²) in [6.45, 7) is -3.60. The van der Waals surface area contributed by atoms with E-state index in [-0.39, 0.29) is 12.1 Å². The number of benzene rings is 1. The zero-order valence-corrected chi connectivity index (χ0v) is 10.7. The van der Waals surface area contributed by atoms with Crippen LogP contribution in [-0.4, -0.2) is 15.0 Å². The van der Waals surface area contributed by atoms with Gasteiger partial charge in [-0.2, -0.15) is 27.2 Å². The standard InChI is InChI=1S/C9H3ClF5NO3S/c10-20(17,18)7-4(3-16)1-5(9(13,14)15)2-6(7)19-8(11)12/h1-2,8H. The van der Waals surface area contributed by atoms with E-state index in [1.165, 1.54) is 0 Å². The molecule has 0 saturated carbocycles. The topological polar surface area (TPSA) is 67.2 Å². The van der Waals surface area contributed by atoms with Gasteiger partial charge in [0.15, 0.2) is 0 Å². The highest BCUT2D eigenvalue weighted by Crippen LogP contribution is 2.38. The fourth-order valence-corrected chi connectivity index (χ4v) is 2.48. The van der Waals surface area contributed by atoms with E-state index in [4.69, 9.17) is 15.9 Å². The van der Waals surface area contributed by atoms with E-state index in [9.17, 15) is 30.4 Å². The van der Waals surface area contributed by atoms with Crippen LogP contribution in [0.2, 0.25) is 0 Å². The summed E-state index contributed by atoms with van der Waals surface area (Å²) in [5.41, 5.74) is -2.57. The molecule has 110 valence electrons. The molecule has 1 rings (SSSR count). The molecule has 0 saturated heterocycles. The molecule has 0 bridgehead atoms. The Balaban J connectivity index is 3.71. The Morgan fingerprint density at radius 1 is 1.30 bits per heavy atom. The second-order valence-corrected chi connectivity index (χ2v) is 5.78. The molecule has 0 unspecified atom stereocenters. The van der Waals surface area contributed by atoms with E-state index in [2.05, 4.69) is 4.74 Å². The molecule has 20 heavy (non-hydrogen) atoms. The summed E-state index contributed by atoms with van der Waals surface area (Å²) in [7, 11) is 0.153. The van der Waals surface area contributed by atoms with Crippen LogP contribution in [0.15, 0.2) is 17.0 Å². The summed E-state index contributed by atoms with van der Waals surface area (Å²) < 4.78 is 87.9. The van der Waals surface area contributed by atoms with E-state index < -0.39 is 43.6 Å². The van der Waals surface area contributed by atoms with Gasteiger partial charge in [-0.15, -0.1) is 0 Å². The van der Waals surface area contributed by atoms with Crippen LogP contribution < -0.4 is 4.74 Å². The maximum Gasteiger partial charge on any atom is 0.416 e. The average Bonchev–Trinajstić information content (AvgIpc) is 2.24. The molecule has 0 fully saturated rings. The first kappa shape index (κ1) is 16.5. The Labute approximate surface area is 113 Å². The third-order valence-electron chi connectivity index (χ3n) is 1.96.